The Morgan fingerprint density at radius 2 is 2.06 bits per heavy atom. The second-order valence-corrected chi connectivity index (χ2v) is 4.95. The summed E-state index contributed by atoms with van der Waals surface area (Å²) < 4.78 is 0. The number of hydrogen-bond donors (Lipinski definition) is 0. The van der Waals surface area contributed by atoms with Gasteiger partial charge < -0.3 is 4.90 Å². The average Bonchev–Trinajstić information content (AvgIpc) is 2.79. The normalized spacial score (nSPS) is 15.5. The Morgan fingerprint density at radius 1 is 1.35 bits per heavy atom. The van der Waals surface area contributed by atoms with Crippen molar-refractivity contribution in [1.82, 2.24) is 9.88 Å². The number of unbranched alkanes of at least 4 members (excludes halogenated alkanes) is 1. The van der Waals surface area contributed by atoms with Crippen LogP contribution in [0, 0.1) is 6.92 Å². The fourth-order valence-electron chi connectivity index (χ4n) is 1.89. The molecule has 0 spiro atoms. The van der Waals surface area contributed by atoms with Crippen LogP contribution >= 0.6 is 11.6 Å². The van der Waals surface area contributed by atoms with Crippen molar-refractivity contribution in [2.24, 2.45) is 0 Å². The molecule has 0 saturated carbocycles. The minimum Gasteiger partial charge on any atom is -0.303 e. The predicted octanol–water partition coefficient (Wildman–Crippen LogP) is 3.93. The lowest BCUT2D eigenvalue weighted by molar-refractivity contribution is 0.332. The van der Waals surface area contributed by atoms with Gasteiger partial charge in [-0.05, 0) is 63.5 Å². The van der Waals surface area contributed by atoms with E-state index in [4.69, 9.17) is 11.6 Å². The van der Waals surface area contributed by atoms with Gasteiger partial charge in [0.05, 0.1) is 0 Å². The molecule has 1 aromatic rings. The lowest BCUT2D eigenvalue weighted by atomic mass is 10.3. The van der Waals surface area contributed by atoms with Gasteiger partial charge >= 0.3 is 0 Å². The van der Waals surface area contributed by atoms with Crippen LogP contribution in [0.15, 0.2) is 18.3 Å². The Kier molecular flexibility index (Phi) is 7.22. The third-order valence-corrected chi connectivity index (χ3v) is 3.12. The number of pyridine rings is 1. The van der Waals surface area contributed by atoms with Gasteiger partial charge in [0.2, 0.25) is 0 Å². The SMILES string of the molecule is CCCCN1CCCC1.Cc1ccnc(Cl)c1. The smallest absolute Gasteiger partial charge is 0.129 e. The molecule has 1 aliphatic rings. The Balaban J connectivity index is 0.000000171. The highest BCUT2D eigenvalue weighted by Gasteiger charge is 2.09. The van der Waals surface area contributed by atoms with Gasteiger partial charge in [0.25, 0.3) is 0 Å². The van der Waals surface area contributed by atoms with Crippen LogP contribution < -0.4 is 0 Å². The Bertz CT molecular complexity index is 292. The van der Waals surface area contributed by atoms with Crippen LogP contribution in [0.3, 0.4) is 0 Å². The molecule has 0 unspecified atom stereocenters. The zero-order valence-electron chi connectivity index (χ0n) is 11.0. The molecule has 0 bridgehead atoms. The van der Waals surface area contributed by atoms with E-state index in [2.05, 4.69) is 16.8 Å². The maximum absolute atomic E-state index is 5.53. The van der Waals surface area contributed by atoms with E-state index in [1.165, 1.54) is 45.3 Å². The van der Waals surface area contributed by atoms with Crippen molar-refractivity contribution in [1.29, 1.82) is 0 Å². The quantitative estimate of drug-likeness (QED) is 0.760. The summed E-state index contributed by atoms with van der Waals surface area (Å²) in [4.78, 5) is 6.38. The molecule has 0 radical (unpaired) electrons. The molecule has 17 heavy (non-hydrogen) atoms. The van der Waals surface area contributed by atoms with Gasteiger partial charge in [0.15, 0.2) is 0 Å². The van der Waals surface area contributed by atoms with Crippen LogP contribution in [0.4, 0.5) is 0 Å². The molecule has 2 heterocycles. The summed E-state index contributed by atoms with van der Waals surface area (Å²) >= 11 is 5.53. The van der Waals surface area contributed by atoms with Crippen molar-refractivity contribution >= 4 is 11.6 Å². The van der Waals surface area contributed by atoms with Crippen LogP contribution in [-0.4, -0.2) is 29.5 Å². The van der Waals surface area contributed by atoms with Gasteiger partial charge in [-0.1, -0.05) is 24.9 Å². The van der Waals surface area contributed by atoms with E-state index in [9.17, 15) is 0 Å². The van der Waals surface area contributed by atoms with E-state index in [1.54, 1.807) is 6.20 Å². The second kappa shape index (κ2) is 8.48. The Labute approximate surface area is 110 Å². The van der Waals surface area contributed by atoms with E-state index < -0.39 is 0 Å². The molecule has 0 amide bonds. The zero-order chi connectivity index (χ0) is 12.5. The molecule has 1 saturated heterocycles. The Morgan fingerprint density at radius 3 is 2.53 bits per heavy atom. The van der Waals surface area contributed by atoms with Crippen molar-refractivity contribution in [3.8, 4) is 0 Å². The van der Waals surface area contributed by atoms with Gasteiger partial charge in [-0.15, -0.1) is 0 Å². The van der Waals surface area contributed by atoms with Crippen molar-refractivity contribution < 1.29 is 0 Å². The first kappa shape index (κ1) is 14.5. The number of aryl methyl sites for hydroxylation is 1. The van der Waals surface area contributed by atoms with Crippen molar-refractivity contribution in [3.63, 3.8) is 0 Å². The van der Waals surface area contributed by atoms with Gasteiger partial charge in [-0.3, -0.25) is 0 Å². The van der Waals surface area contributed by atoms with E-state index in [0.29, 0.717) is 5.15 Å². The van der Waals surface area contributed by atoms with Crippen LogP contribution in [-0.2, 0) is 0 Å². The third kappa shape index (κ3) is 6.64. The van der Waals surface area contributed by atoms with Crippen LogP contribution in [0.5, 0.6) is 0 Å². The number of hydrogen-bond acceptors (Lipinski definition) is 2. The maximum atomic E-state index is 5.53. The zero-order valence-corrected chi connectivity index (χ0v) is 11.7. The van der Waals surface area contributed by atoms with Gasteiger partial charge in [0.1, 0.15) is 5.15 Å². The minimum absolute atomic E-state index is 0.560. The molecular formula is C14H23ClN2. The topological polar surface area (TPSA) is 16.1 Å². The third-order valence-electron chi connectivity index (χ3n) is 2.91. The first-order valence-corrected chi connectivity index (χ1v) is 6.90. The standard InChI is InChI=1S/C8H17N.C6H6ClN/c1-2-3-6-9-7-4-5-8-9;1-5-2-3-8-6(7)4-5/h2-8H2,1H3;2-4H,1H3. The molecule has 2 rings (SSSR count). The van der Waals surface area contributed by atoms with Crippen LogP contribution in [0.25, 0.3) is 0 Å². The number of rotatable bonds is 3. The minimum atomic E-state index is 0.560. The summed E-state index contributed by atoms with van der Waals surface area (Å²) in [5.74, 6) is 0. The first-order valence-electron chi connectivity index (χ1n) is 6.53. The number of nitrogens with zero attached hydrogens (tertiary/aromatic N) is 2. The van der Waals surface area contributed by atoms with Crippen molar-refractivity contribution in [2.45, 2.75) is 39.5 Å². The van der Waals surface area contributed by atoms with Crippen molar-refractivity contribution in [2.75, 3.05) is 19.6 Å². The summed E-state index contributed by atoms with van der Waals surface area (Å²) in [5, 5.41) is 0.560. The van der Waals surface area contributed by atoms with Crippen LogP contribution in [0.1, 0.15) is 38.2 Å². The van der Waals surface area contributed by atoms with Gasteiger partial charge in [0, 0.05) is 6.20 Å². The molecule has 1 aliphatic heterocycles. The molecule has 0 aliphatic carbocycles. The molecule has 1 fully saturated rings. The summed E-state index contributed by atoms with van der Waals surface area (Å²) in [6.45, 7) is 8.31. The lowest BCUT2D eigenvalue weighted by Crippen LogP contribution is -2.19. The fourth-order valence-corrected chi connectivity index (χ4v) is 2.12. The molecule has 1 aromatic heterocycles. The molecule has 96 valence electrons. The molecule has 2 nitrogen and oxygen atoms in total. The van der Waals surface area contributed by atoms with Gasteiger partial charge in [-0.2, -0.15) is 0 Å². The van der Waals surface area contributed by atoms with Gasteiger partial charge in [-0.25, -0.2) is 4.98 Å². The molecule has 3 heteroatoms. The van der Waals surface area contributed by atoms with E-state index in [-0.39, 0.29) is 0 Å². The highest BCUT2D eigenvalue weighted by Crippen LogP contribution is 2.07. The highest BCUT2D eigenvalue weighted by molar-refractivity contribution is 6.29. The highest BCUT2D eigenvalue weighted by atomic mass is 35.5. The number of likely N-dealkylation sites (tertiary alicyclic amines) is 1. The monoisotopic (exact) mass is 254 g/mol. The summed E-state index contributed by atoms with van der Waals surface area (Å²) in [6, 6.07) is 3.73. The molecule has 0 N–H and O–H groups in total. The summed E-state index contributed by atoms with van der Waals surface area (Å²) in [7, 11) is 0. The Hall–Kier alpha value is -0.600. The molecular weight excluding hydrogens is 232 g/mol. The van der Waals surface area contributed by atoms with Crippen molar-refractivity contribution in [3.05, 3.63) is 29.0 Å². The largest absolute Gasteiger partial charge is 0.303 e. The van der Waals surface area contributed by atoms with E-state index in [0.717, 1.165) is 5.56 Å². The molecule has 0 aromatic carbocycles. The second-order valence-electron chi connectivity index (χ2n) is 4.56. The van der Waals surface area contributed by atoms with Crippen LogP contribution in [0.2, 0.25) is 5.15 Å². The fraction of sp³-hybridized carbons (Fsp3) is 0.643. The number of aromatic nitrogens is 1. The molecule has 0 atom stereocenters. The summed E-state index contributed by atoms with van der Waals surface area (Å²) in [5.41, 5.74) is 1.14. The summed E-state index contributed by atoms with van der Waals surface area (Å²) in [6.07, 6.45) is 7.29. The maximum Gasteiger partial charge on any atom is 0.129 e. The lowest BCUT2D eigenvalue weighted by Gasteiger charge is -2.12. The van der Waals surface area contributed by atoms with E-state index in [1.807, 2.05) is 19.1 Å². The number of halogens is 1. The predicted molar refractivity (Wildman–Crippen MR) is 74.6 cm³/mol. The van der Waals surface area contributed by atoms with E-state index >= 15 is 0 Å². The average molecular weight is 255 g/mol. The first-order chi connectivity index (χ1) is 8.22.